The van der Waals surface area contributed by atoms with E-state index in [1.165, 1.54) is 0 Å². The first-order valence-electron chi connectivity index (χ1n) is 2.72. The molecule has 0 aromatic carbocycles. The molecule has 0 radical (unpaired) electrons. The van der Waals surface area contributed by atoms with E-state index >= 15 is 0 Å². The van der Waals surface area contributed by atoms with E-state index in [2.05, 4.69) is 20.9 Å². The minimum Gasteiger partial charge on any atom is -0.780 e. The van der Waals surface area contributed by atoms with Gasteiger partial charge in [0.1, 0.15) is 6.72 Å². The van der Waals surface area contributed by atoms with Crippen molar-refractivity contribution in [1.82, 2.24) is 0 Å². The van der Waals surface area contributed by atoms with Crippen LogP contribution in [-0.2, 0) is 20.9 Å². The maximum atomic E-state index is 10.8. The average molecular weight is 192 g/mol. The Balaban J connectivity index is 0. The van der Waals surface area contributed by atoms with Crippen LogP contribution in [0.3, 0.4) is 0 Å². The minimum absolute atomic E-state index is 0. The number of hydrogen-bond donors (Lipinski definition) is 0. The fourth-order valence-corrected chi connectivity index (χ4v) is 1.69. The summed E-state index contributed by atoms with van der Waals surface area (Å²) in [6.45, 7) is 0.999. The summed E-state index contributed by atoms with van der Waals surface area (Å²) in [6.07, 6.45) is 0. The van der Waals surface area contributed by atoms with Crippen LogP contribution in [0.4, 0.5) is 0 Å². The topological polar surface area (TPSA) is 41.5 Å². The van der Waals surface area contributed by atoms with Crippen LogP contribution in [0, 0.1) is 0 Å². The van der Waals surface area contributed by atoms with Gasteiger partial charge in [0.25, 0.3) is 0 Å². The molecule has 0 aromatic heterocycles. The molecule has 0 fully saturated rings. The molecule has 3 nitrogen and oxygen atoms in total. The molecule has 0 heterocycles. The van der Waals surface area contributed by atoms with Crippen LogP contribution >= 0.6 is 6.72 Å². The molecule has 0 bridgehead atoms. The average Bonchev–Trinajstić information content (AvgIpc) is 1.64. The van der Waals surface area contributed by atoms with Crippen molar-refractivity contribution in [3.8, 4) is 0 Å². The maximum absolute atomic E-state index is 10.8. The van der Waals surface area contributed by atoms with Crippen LogP contribution in [0.15, 0.2) is 0 Å². The van der Waals surface area contributed by atoms with Gasteiger partial charge in [-0.25, -0.2) is 0 Å². The van der Waals surface area contributed by atoms with E-state index in [0.29, 0.717) is 13.2 Å². The van der Waals surface area contributed by atoms with Gasteiger partial charge in [-0.15, -0.1) is 0 Å². The summed E-state index contributed by atoms with van der Waals surface area (Å²) in [7, 11) is 0. The summed E-state index contributed by atoms with van der Waals surface area (Å²) in [5.41, 5.74) is 0. The number of hydrogen-bond acceptors (Lipinski definition) is 4. The van der Waals surface area contributed by atoms with Crippen molar-refractivity contribution in [3.63, 3.8) is 0 Å². The molecular weight excluding hydrogens is 182 g/mol. The zero-order valence-electron chi connectivity index (χ0n) is 6.49. The van der Waals surface area contributed by atoms with E-state index in [1.54, 1.807) is 13.8 Å². The van der Waals surface area contributed by atoms with Gasteiger partial charge in [0.15, 0.2) is 0 Å². The van der Waals surface area contributed by atoms with Gasteiger partial charge < -0.3 is 13.9 Å². The minimum atomic E-state index is -3.11. The first-order valence-corrected chi connectivity index (χ1v) is 5.28. The second-order valence-corrected chi connectivity index (χ2v) is 4.04. The van der Waals surface area contributed by atoms with Crippen LogP contribution in [-0.4, -0.2) is 13.2 Å². The SMILES string of the molecule is CCOP([O-])(=S)OCC.[Na+]. The van der Waals surface area contributed by atoms with Crippen molar-refractivity contribution < 1.29 is 43.5 Å². The maximum Gasteiger partial charge on any atom is 1.00 e. The summed E-state index contributed by atoms with van der Waals surface area (Å²) < 4.78 is 9.24. The van der Waals surface area contributed by atoms with E-state index in [1.807, 2.05) is 0 Å². The van der Waals surface area contributed by atoms with E-state index in [-0.39, 0.29) is 29.6 Å². The molecule has 0 rings (SSSR count). The van der Waals surface area contributed by atoms with Gasteiger partial charge in [0.05, 0.1) is 13.2 Å². The third kappa shape index (κ3) is 7.63. The van der Waals surface area contributed by atoms with Gasteiger partial charge in [0.2, 0.25) is 0 Å². The van der Waals surface area contributed by atoms with Gasteiger partial charge >= 0.3 is 29.6 Å². The molecule has 0 spiro atoms. The van der Waals surface area contributed by atoms with Crippen molar-refractivity contribution in [2.75, 3.05) is 13.2 Å². The molecule has 0 amide bonds. The van der Waals surface area contributed by atoms with Crippen molar-refractivity contribution in [3.05, 3.63) is 0 Å². The molecule has 0 aliphatic heterocycles. The molecule has 10 heavy (non-hydrogen) atoms. The fourth-order valence-electron chi connectivity index (χ4n) is 0.353. The van der Waals surface area contributed by atoms with Crippen molar-refractivity contribution >= 4 is 18.5 Å². The standard InChI is InChI=1S/C4H11O3PS.Na/c1-3-6-8(5,9)7-4-2;/h3-4H2,1-2H3,(H,5,9);/q;+1/p-1. The number of rotatable bonds is 4. The molecule has 0 aliphatic rings. The molecular formula is C4H10NaO3PS. The summed E-state index contributed by atoms with van der Waals surface area (Å²) >= 11 is 4.45. The monoisotopic (exact) mass is 192 g/mol. The van der Waals surface area contributed by atoms with Crippen LogP contribution in [0.25, 0.3) is 0 Å². The van der Waals surface area contributed by atoms with Gasteiger partial charge in [0, 0.05) is 0 Å². The van der Waals surface area contributed by atoms with Gasteiger partial charge in [-0.05, 0) is 13.8 Å². The Morgan fingerprint density at radius 2 is 1.60 bits per heavy atom. The van der Waals surface area contributed by atoms with Crippen LogP contribution < -0.4 is 34.5 Å². The molecule has 0 saturated carbocycles. The predicted octanol–water partition coefficient (Wildman–Crippen LogP) is -2.35. The first-order chi connectivity index (χ1) is 4.12. The Morgan fingerprint density at radius 1 is 1.30 bits per heavy atom. The van der Waals surface area contributed by atoms with Crippen LogP contribution in [0.5, 0.6) is 0 Å². The van der Waals surface area contributed by atoms with Gasteiger partial charge in [-0.3, -0.25) is 0 Å². The zero-order valence-corrected chi connectivity index (χ0v) is 10.2. The van der Waals surface area contributed by atoms with Crippen molar-refractivity contribution in [1.29, 1.82) is 0 Å². The van der Waals surface area contributed by atoms with Crippen LogP contribution in [0.2, 0.25) is 0 Å². The summed E-state index contributed by atoms with van der Waals surface area (Å²) in [4.78, 5) is 10.8. The zero-order chi connectivity index (χ0) is 7.33. The summed E-state index contributed by atoms with van der Waals surface area (Å²) in [5, 5.41) is 0. The Hall–Kier alpha value is 1.53. The molecule has 56 valence electrons. The van der Waals surface area contributed by atoms with Gasteiger partial charge in [-0.1, -0.05) is 11.8 Å². The first kappa shape index (κ1) is 14.1. The van der Waals surface area contributed by atoms with E-state index in [4.69, 9.17) is 0 Å². The van der Waals surface area contributed by atoms with E-state index in [9.17, 15) is 4.89 Å². The Bertz CT molecular complexity index is 111. The third-order valence-corrected chi connectivity index (χ3v) is 2.36. The Kier molecular flexibility index (Phi) is 10.1. The van der Waals surface area contributed by atoms with E-state index in [0.717, 1.165) is 0 Å². The summed E-state index contributed by atoms with van der Waals surface area (Å²) in [6, 6.07) is 0. The fraction of sp³-hybridized carbons (Fsp3) is 1.00. The van der Waals surface area contributed by atoms with Crippen molar-refractivity contribution in [2.45, 2.75) is 13.8 Å². The molecule has 0 unspecified atom stereocenters. The molecule has 0 atom stereocenters. The molecule has 0 aliphatic carbocycles. The largest absolute Gasteiger partial charge is 1.00 e. The van der Waals surface area contributed by atoms with E-state index < -0.39 is 6.72 Å². The summed E-state index contributed by atoms with van der Waals surface area (Å²) in [5.74, 6) is 0. The Labute approximate surface area is 88.6 Å². The quantitative estimate of drug-likeness (QED) is 0.369. The Morgan fingerprint density at radius 3 is 1.80 bits per heavy atom. The van der Waals surface area contributed by atoms with Crippen LogP contribution in [0.1, 0.15) is 13.8 Å². The molecule has 6 heteroatoms. The normalized spacial score (nSPS) is 10.7. The smallest absolute Gasteiger partial charge is 0.780 e. The molecule has 0 aromatic rings. The molecule has 0 saturated heterocycles. The second kappa shape index (κ2) is 7.19. The predicted molar refractivity (Wildman–Crippen MR) is 37.5 cm³/mol. The van der Waals surface area contributed by atoms with Gasteiger partial charge in [-0.2, -0.15) is 0 Å². The second-order valence-electron chi connectivity index (χ2n) is 1.28. The molecule has 0 N–H and O–H groups in total. The third-order valence-electron chi connectivity index (χ3n) is 0.574. The van der Waals surface area contributed by atoms with Crippen molar-refractivity contribution in [2.24, 2.45) is 0 Å².